The Balaban J connectivity index is 4.95. The van der Waals surface area contributed by atoms with E-state index in [0.29, 0.717) is 0 Å². The second-order valence-electron chi connectivity index (χ2n) is 1.67. The lowest BCUT2D eigenvalue weighted by Crippen LogP contribution is -2.10. The molecule has 0 atom stereocenters. The molecule has 0 N–H and O–H groups in total. The van der Waals surface area contributed by atoms with Crippen LogP contribution in [0.25, 0.3) is 0 Å². The summed E-state index contributed by atoms with van der Waals surface area (Å²) in [6, 6.07) is 0. The quantitative estimate of drug-likeness (QED) is 0.632. The second-order valence-corrected chi connectivity index (χ2v) is 2.52. The first-order chi connectivity index (χ1) is 4.93. The molecule has 0 aromatic rings. The van der Waals surface area contributed by atoms with Crippen molar-refractivity contribution in [1.29, 1.82) is 0 Å². The smallest absolute Gasteiger partial charge is 0.166 e. The van der Waals surface area contributed by atoms with Crippen LogP contribution in [0.3, 0.4) is 0 Å². The molecule has 0 nitrogen and oxygen atoms in total. The van der Waals surface area contributed by atoms with E-state index in [-0.39, 0.29) is 4.48 Å². The number of halogens is 4. The Morgan fingerprint density at radius 3 is 1.73 bits per heavy atom. The third-order valence-corrected chi connectivity index (χ3v) is 1.70. The summed E-state index contributed by atoms with van der Waals surface area (Å²) < 4.78 is 35.8. The van der Waals surface area contributed by atoms with Gasteiger partial charge in [0.1, 0.15) is 0 Å². The molecule has 0 rings (SSSR count). The maximum atomic E-state index is 12.0. The number of hydrogen-bond acceptors (Lipinski definition) is 0. The van der Waals surface area contributed by atoms with Gasteiger partial charge in [-0.15, -0.1) is 0 Å². The first-order valence-electron chi connectivity index (χ1n) is 2.65. The van der Waals surface area contributed by atoms with E-state index >= 15 is 0 Å². The summed E-state index contributed by atoms with van der Waals surface area (Å²) in [6.45, 7) is 6.23. The summed E-state index contributed by atoms with van der Waals surface area (Å²) in [6.07, 6.45) is -2.55. The maximum Gasteiger partial charge on any atom is 0.417 e. The molecule has 0 amide bonds. The van der Waals surface area contributed by atoms with Crippen molar-refractivity contribution in [2.75, 3.05) is 0 Å². The summed E-state index contributed by atoms with van der Waals surface area (Å²) in [7, 11) is 0. The minimum atomic E-state index is -4.37. The van der Waals surface area contributed by atoms with E-state index in [4.69, 9.17) is 0 Å². The Morgan fingerprint density at radius 1 is 1.18 bits per heavy atom. The average molecular weight is 227 g/mol. The van der Waals surface area contributed by atoms with Crippen LogP contribution in [0.5, 0.6) is 0 Å². The number of allylic oxidation sites excluding steroid dienone is 4. The number of hydrogen-bond donors (Lipinski definition) is 0. The van der Waals surface area contributed by atoms with Gasteiger partial charge in [0.2, 0.25) is 0 Å². The van der Waals surface area contributed by atoms with Crippen molar-refractivity contribution >= 4 is 15.9 Å². The molecule has 0 bridgehead atoms. The van der Waals surface area contributed by atoms with Crippen LogP contribution in [0.2, 0.25) is 0 Å². The highest BCUT2D eigenvalue weighted by atomic mass is 79.9. The lowest BCUT2D eigenvalue weighted by molar-refractivity contribution is -0.0882. The maximum absolute atomic E-state index is 12.0. The fourth-order valence-corrected chi connectivity index (χ4v) is 0.845. The van der Waals surface area contributed by atoms with Crippen LogP contribution in [0.4, 0.5) is 13.2 Å². The van der Waals surface area contributed by atoms with Gasteiger partial charge in [-0.3, -0.25) is 0 Å². The topological polar surface area (TPSA) is 0 Å². The predicted octanol–water partition coefficient (Wildman–Crippen LogP) is 3.57. The highest BCUT2D eigenvalue weighted by Gasteiger charge is 2.32. The van der Waals surface area contributed by atoms with E-state index in [9.17, 15) is 13.2 Å². The van der Waals surface area contributed by atoms with Gasteiger partial charge in [-0.1, -0.05) is 41.2 Å². The highest BCUT2D eigenvalue weighted by Crippen LogP contribution is 2.31. The van der Waals surface area contributed by atoms with Crippen LogP contribution in [0.15, 0.2) is 35.4 Å². The van der Waals surface area contributed by atoms with Gasteiger partial charge in [-0.25, -0.2) is 0 Å². The molecule has 62 valence electrons. The largest absolute Gasteiger partial charge is 0.417 e. The summed E-state index contributed by atoms with van der Waals surface area (Å²) in [5.74, 6) is 0. The van der Waals surface area contributed by atoms with Crippen LogP contribution >= 0.6 is 15.9 Å². The molecular formula is C7H6BrF3. The molecule has 0 spiro atoms. The van der Waals surface area contributed by atoms with E-state index in [1.807, 2.05) is 0 Å². The van der Waals surface area contributed by atoms with Crippen molar-refractivity contribution in [2.45, 2.75) is 6.18 Å². The second kappa shape index (κ2) is 3.76. The van der Waals surface area contributed by atoms with Crippen LogP contribution in [-0.4, -0.2) is 6.18 Å². The van der Waals surface area contributed by atoms with E-state index in [0.717, 1.165) is 12.2 Å². The zero-order chi connectivity index (χ0) is 9.07. The van der Waals surface area contributed by atoms with Crippen molar-refractivity contribution in [2.24, 2.45) is 0 Å². The molecule has 0 aliphatic heterocycles. The van der Waals surface area contributed by atoms with Crippen molar-refractivity contribution in [3.8, 4) is 0 Å². The SMILES string of the molecule is C=C/C(Br)=C(\C=C)C(F)(F)F. The molecule has 11 heavy (non-hydrogen) atoms. The average Bonchev–Trinajstić information content (AvgIpc) is 1.86. The molecule has 0 unspecified atom stereocenters. The molecule has 0 heterocycles. The van der Waals surface area contributed by atoms with Gasteiger partial charge >= 0.3 is 6.18 Å². The predicted molar refractivity (Wildman–Crippen MR) is 42.4 cm³/mol. The van der Waals surface area contributed by atoms with Gasteiger partial charge in [0.05, 0.1) is 5.57 Å². The molecule has 0 saturated heterocycles. The molecule has 0 fully saturated rings. The van der Waals surface area contributed by atoms with Gasteiger partial charge in [-0.2, -0.15) is 13.2 Å². The fourth-order valence-electron chi connectivity index (χ4n) is 0.459. The Morgan fingerprint density at radius 2 is 1.64 bits per heavy atom. The molecule has 0 aliphatic rings. The number of rotatable bonds is 2. The van der Waals surface area contributed by atoms with Crippen LogP contribution in [0.1, 0.15) is 0 Å². The van der Waals surface area contributed by atoms with Gasteiger partial charge in [-0.05, 0) is 0 Å². The molecule has 0 aromatic heterocycles. The molecule has 0 radical (unpaired) electrons. The minimum absolute atomic E-state index is 0.0972. The molecule has 0 aliphatic carbocycles. The normalized spacial score (nSPS) is 13.8. The lowest BCUT2D eigenvalue weighted by Gasteiger charge is -2.07. The third-order valence-electron chi connectivity index (χ3n) is 0.946. The summed E-state index contributed by atoms with van der Waals surface area (Å²) in [5, 5.41) is 0. The standard InChI is InChI=1S/C7H6BrF3/c1-3-5(6(8)4-2)7(9,10)11/h3-4H,1-2H2/b6-5-. The van der Waals surface area contributed by atoms with Crippen molar-refractivity contribution in [3.05, 3.63) is 35.4 Å². The van der Waals surface area contributed by atoms with Gasteiger partial charge in [0.15, 0.2) is 0 Å². The zero-order valence-corrected chi connectivity index (χ0v) is 7.17. The third kappa shape index (κ3) is 2.93. The van der Waals surface area contributed by atoms with Crippen LogP contribution in [0, 0.1) is 0 Å². The number of alkyl halides is 3. The Labute approximate surface area is 71.2 Å². The van der Waals surface area contributed by atoms with Crippen LogP contribution < -0.4 is 0 Å². The lowest BCUT2D eigenvalue weighted by atomic mass is 10.2. The minimum Gasteiger partial charge on any atom is -0.166 e. The molecule has 0 saturated carbocycles. The fraction of sp³-hybridized carbons (Fsp3) is 0.143. The van der Waals surface area contributed by atoms with Crippen molar-refractivity contribution < 1.29 is 13.2 Å². The van der Waals surface area contributed by atoms with E-state index < -0.39 is 11.7 Å². The first-order valence-corrected chi connectivity index (χ1v) is 3.44. The van der Waals surface area contributed by atoms with E-state index in [2.05, 4.69) is 29.1 Å². The van der Waals surface area contributed by atoms with E-state index in [1.165, 1.54) is 0 Å². The van der Waals surface area contributed by atoms with Gasteiger partial charge < -0.3 is 0 Å². The summed E-state index contributed by atoms with van der Waals surface area (Å²) >= 11 is 2.71. The van der Waals surface area contributed by atoms with E-state index in [1.54, 1.807) is 0 Å². The monoisotopic (exact) mass is 226 g/mol. The highest BCUT2D eigenvalue weighted by molar-refractivity contribution is 9.11. The summed E-state index contributed by atoms with van der Waals surface area (Å²) in [4.78, 5) is 0. The Bertz CT molecular complexity index is 200. The molecular weight excluding hydrogens is 221 g/mol. The Kier molecular flexibility index (Phi) is 3.58. The molecule has 0 aromatic carbocycles. The first kappa shape index (κ1) is 10.5. The Hall–Kier alpha value is -0.510. The van der Waals surface area contributed by atoms with Crippen molar-refractivity contribution in [3.63, 3.8) is 0 Å². The van der Waals surface area contributed by atoms with Gasteiger partial charge in [0.25, 0.3) is 0 Å². The molecule has 4 heteroatoms. The zero-order valence-electron chi connectivity index (χ0n) is 5.58. The van der Waals surface area contributed by atoms with Crippen LogP contribution in [-0.2, 0) is 0 Å². The van der Waals surface area contributed by atoms with Gasteiger partial charge in [0, 0.05) is 4.48 Å². The van der Waals surface area contributed by atoms with Crippen molar-refractivity contribution in [1.82, 2.24) is 0 Å². The summed E-state index contributed by atoms with van der Waals surface area (Å²) in [5.41, 5.74) is -0.812.